The van der Waals surface area contributed by atoms with E-state index in [2.05, 4.69) is 15.3 Å². The summed E-state index contributed by atoms with van der Waals surface area (Å²) in [6, 6.07) is 3.44. The Labute approximate surface area is 139 Å². The average molecular weight is 355 g/mol. The molecular weight excluding hydrogens is 342 g/mol. The Balaban J connectivity index is 1.70. The van der Waals surface area contributed by atoms with Crippen LogP contribution in [0.25, 0.3) is 0 Å². The Morgan fingerprint density at radius 2 is 2.00 bits per heavy atom. The monoisotopic (exact) mass is 355 g/mol. The van der Waals surface area contributed by atoms with Crippen LogP contribution in [0.1, 0.15) is 46.2 Å². The fourth-order valence-electron chi connectivity index (χ4n) is 2.31. The van der Waals surface area contributed by atoms with E-state index in [9.17, 15) is 27.2 Å². The van der Waals surface area contributed by atoms with Crippen LogP contribution in [-0.2, 0) is 12.7 Å². The smallest absolute Gasteiger partial charge is 0.347 e. The summed E-state index contributed by atoms with van der Waals surface area (Å²) in [5.41, 5.74) is -1.75. The van der Waals surface area contributed by atoms with E-state index in [4.69, 9.17) is 0 Å². The topological polar surface area (TPSA) is 74.8 Å². The van der Waals surface area contributed by atoms with Gasteiger partial charge in [-0.1, -0.05) is 6.07 Å². The van der Waals surface area contributed by atoms with Gasteiger partial charge in [0, 0.05) is 18.5 Å². The Bertz CT molecular complexity index is 872. The molecule has 3 rings (SSSR count). The first kappa shape index (κ1) is 17.1. The molecule has 0 unspecified atom stereocenters. The lowest BCUT2D eigenvalue weighted by Gasteiger charge is -2.10. The van der Waals surface area contributed by atoms with Gasteiger partial charge in [-0.25, -0.2) is 9.37 Å². The molecule has 1 amide bonds. The zero-order valence-corrected chi connectivity index (χ0v) is 12.8. The van der Waals surface area contributed by atoms with Crippen LogP contribution in [0.4, 0.5) is 17.6 Å². The molecule has 1 heterocycles. The number of nitrogens with zero attached hydrogens (tertiary/aromatic N) is 1. The minimum atomic E-state index is -4.78. The van der Waals surface area contributed by atoms with Gasteiger partial charge in [-0.3, -0.25) is 9.59 Å². The third-order valence-electron chi connectivity index (χ3n) is 3.75. The minimum absolute atomic E-state index is 0.0852. The van der Waals surface area contributed by atoms with Gasteiger partial charge in [0.05, 0.1) is 5.56 Å². The predicted molar refractivity (Wildman–Crippen MR) is 79.4 cm³/mol. The molecule has 1 aromatic heterocycles. The summed E-state index contributed by atoms with van der Waals surface area (Å²) in [6.45, 7) is -0.193. The van der Waals surface area contributed by atoms with Gasteiger partial charge in [0.25, 0.3) is 11.5 Å². The zero-order valence-electron chi connectivity index (χ0n) is 12.8. The number of carbonyl (C=O) groups excluding carboxylic acids is 1. The SMILES string of the molecule is O=C(NCc1ccc(C(F)(F)F)c(F)c1)c1cc(=O)[nH]c(C2CC2)n1. The number of halogens is 4. The Morgan fingerprint density at radius 3 is 2.60 bits per heavy atom. The number of rotatable bonds is 4. The van der Waals surface area contributed by atoms with Crippen molar-refractivity contribution in [3.05, 3.63) is 63.1 Å². The normalized spacial score (nSPS) is 14.4. The number of hydrogen-bond donors (Lipinski definition) is 2. The minimum Gasteiger partial charge on any atom is -0.347 e. The molecule has 1 fully saturated rings. The highest BCUT2D eigenvalue weighted by molar-refractivity contribution is 5.92. The number of carbonyl (C=O) groups is 1. The molecule has 5 nitrogen and oxygen atoms in total. The van der Waals surface area contributed by atoms with E-state index >= 15 is 0 Å². The van der Waals surface area contributed by atoms with Crippen molar-refractivity contribution in [2.75, 3.05) is 0 Å². The van der Waals surface area contributed by atoms with Gasteiger partial charge in [0.2, 0.25) is 0 Å². The van der Waals surface area contributed by atoms with Gasteiger partial charge < -0.3 is 10.3 Å². The number of benzene rings is 1. The summed E-state index contributed by atoms with van der Waals surface area (Å²) in [6.07, 6.45) is -3.00. The summed E-state index contributed by atoms with van der Waals surface area (Å²) in [4.78, 5) is 30.3. The highest BCUT2D eigenvalue weighted by atomic mass is 19.4. The summed E-state index contributed by atoms with van der Waals surface area (Å²) < 4.78 is 51.0. The highest BCUT2D eigenvalue weighted by Crippen LogP contribution is 2.37. The highest BCUT2D eigenvalue weighted by Gasteiger charge is 2.33. The molecule has 0 radical (unpaired) electrons. The van der Waals surface area contributed by atoms with E-state index in [0.717, 1.165) is 25.0 Å². The standard InChI is InChI=1S/C16H13F4N3O2/c17-11-5-8(1-4-10(11)16(18,19)20)7-21-15(25)12-6-13(24)23-14(22-12)9-2-3-9/h1,4-6,9H,2-3,7H2,(H,21,25)(H,22,23,24). The van der Waals surface area contributed by atoms with Crippen molar-refractivity contribution in [2.24, 2.45) is 0 Å². The number of alkyl halides is 3. The Morgan fingerprint density at radius 1 is 1.28 bits per heavy atom. The maximum absolute atomic E-state index is 13.5. The van der Waals surface area contributed by atoms with Crippen molar-refractivity contribution < 1.29 is 22.4 Å². The lowest BCUT2D eigenvalue weighted by atomic mass is 10.1. The van der Waals surface area contributed by atoms with Crippen LogP contribution in [0, 0.1) is 5.82 Å². The van der Waals surface area contributed by atoms with E-state index in [1.165, 1.54) is 0 Å². The number of H-pyrrole nitrogens is 1. The van der Waals surface area contributed by atoms with Crippen LogP contribution < -0.4 is 10.9 Å². The van der Waals surface area contributed by atoms with Gasteiger partial charge in [0.15, 0.2) is 0 Å². The van der Waals surface area contributed by atoms with E-state index in [1.54, 1.807) is 0 Å². The largest absolute Gasteiger partial charge is 0.419 e. The molecular formula is C16H13F4N3O2. The third kappa shape index (κ3) is 4.04. The zero-order chi connectivity index (χ0) is 18.2. The first-order valence-electron chi connectivity index (χ1n) is 7.49. The predicted octanol–water partition coefficient (Wildman–Crippen LogP) is 2.74. The van der Waals surface area contributed by atoms with Crippen molar-refractivity contribution in [1.82, 2.24) is 15.3 Å². The molecule has 132 valence electrons. The average Bonchev–Trinajstić information content (AvgIpc) is 3.35. The van der Waals surface area contributed by atoms with Crippen molar-refractivity contribution in [1.29, 1.82) is 0 Å². The molecule has 2 N–H and O–H groups in total. The second-order valence-electron chi connectivity index (χ2n) is 5.78. The van der Waals surface area contributed by atoms with Crippen LogP contribution in [0.5, 0.6) is 0 Å². The second-order valence-corrected chi connectivity index (χ2v) is 5.78. The lowest BCUT2D eigenvalue weighted by molar-refractivity contribution is -0.140. The Kier molecular flexibility index (Phi) is 4.32. The van der Waals surface area contributed by atoms with Crippen molar-refractivity contribution >= 4 is 5.91 Å². The molecule has 0 aliphatic heterocycles. The summed E-state index contributed by atoms with van der Waals surface area (Å²) in [5, 5.41) is 2.41. The molecule has 0 atom stereocenters. The molecule has 1 saturated carbocycles. The molecule has 25 heavy (non-hydrogen) atoms. The van der Waals surface area contributed by atoms with Crippen molar-refractivity contribution in [3.8, 4) is 0 Å². The molecule has 1 aromatic carbocycles. The molecule has 2 aromatic rings. The maximum atomic E-state index is 13.5. The van der Waals surface area contributed by atoms with Crippen LogP contribution in [0.3, 0.4) is 0 Å². The molecule has 0 spiro atoms. The maximum Gasteiger partial charge on any atom is 0.419 e. The van der Waals surface area contributed by atoms with Crippen LogP contribution >= 0.6 is 0 Å². The fraction of sp³-hybridized carbons (Fsp3) is 0.312. The van der Waals surface area contributed by atoms with Gasteiger partial charge in [-0.05, 0) is 30.5 Å². The second kappa shape index (κ2) is 6.30. The van der Waals surface area contributed by atoms with E-state index in [0.29, 0.717) is 18.0 Å². The van der Waals surface area contributed by atoms with E-state index < -0.39 is 29.0 Å². The number of hydrogen-bond acceptors (Lipinski definition) is 3. The van der Waals surface area contributed by atoms with Crippen LogP contribution in [0.15, 0.2) is 29.1 Å². The fourth-order valence-corrected chi connectivity index (χ4v) is 2.31. The lowest BCUT2D eigenvalue weighted by Crippen LogP contribution is -2.26. The van der Waals surface area contributed by atoms with Gasteiger partial charge in [0.1, 0.15) is 17.3 Å². The van der Waals surface area contributed by atoms with Crippen LogP contribution in [0.2, 0.25) is 0 Å². The third-order valence-corrected chi connectivity index (χ3v) is 3.75. The number of nitrogens with one attached hydrogen (secondary N) is 2. The summed E-state index contributed by atoms with van der Waals surface area (Å²) in [5.74, 6) is -1.49. The molecule has 0 bridgehead atoms. The number of aromatic nitrogens is 2. The number of aromatic amines is 1. The van der Waals surface area contributed by atoms with Crippen molar-refractivity contribution in [3.63, 3.8) is 0 Å². The quantitative estimate of drug-likeness (QED) is 0.828. The first-order valence-corrected chi connectivity index (χ1v) is 7.49. The van der Waals surface area contributed by atoms with Crippen molar-refractivity contribution in [2.45, 2.75) is 31.5 Å². The summed E-state index contributed by atoms with van der Waals surface area (Å²) >= 11 is 0. The number of amides is 1. The Hall–Kier alpha value is -2.71. The molecule has 1 aliphatic rings. The first-order chi connectivity index (χ1) is 11.7. The van der Waals surface area contributed by atoms with Gasteiger partial charge in [-0.2, -0.15) is 13.2 Å². The van der Waals surface area contributed by atoms with Gasteiger partial charge >= 0.3 is 6.18 Å². The summed E-state index contributed by atoms with van der Waals surface area (Å²) in [7, 11) is 0. The molecule has 1 aliphatic carbocycles. The van der Waals surface area contributed by atoms with E-state index in [-0.39, 0.29) is 23.7 Å². The molecule has 9 heteroatoms. The molecule has 0 saturated heterocycles. The van der Waals surface area contributed by atoms with Gasteiger partial charge in [-0.15, -0.1) is 0 Å². The van der Waals surface area contributed by atoms with E-state index in [1.807, 2.05) is 0 Å². The van der Waals surface area contributed by atoms with Crippen LogP contribution in [-0.4, -0.2) is 15.9 Å².